The second kappa shape index (κ2) is 4.59. The van der Waals surface area contributed by atoms with Crippen molar-refractivity contribution in [3.8, 4) is 0 Å². The molecule has 1 atom stereocenters. The molecule has 1 aliphatic heterocycles. The molecule has 0 spiro atoms. The van der Waals surface area contributed by atoms with E-state index in [4.69, 9.17) is 11.6 Å². The molecule has 0 bridgehead atoms. The van der Waals surface area contributed by atoms with Crippen LogP contribution in [0.15, 0.2) is 0 Å². The molecule has 1 fully saturated rings. The quantitative estimate of drug-likeness (QED) is 0.656. The zero-order valence-corrected chi connectivity index (χ0v) is 11.9. The molecule has 1 N–H and O–H groups in total. The molecule has 0 radical (unpaired) electrons. The molecular formula is C12H14ClN5O2. The fourth-order valence-corrected chi connectivity index (χ4v) is 2.88. The molecule has 2 amide bonds. The Bertz CT molecular complexity index is 717. The predicted octanol–water partition coefficient (Wildman–Crippen LogP) is 0.795. The number of imidazole rings is 1. The topological polar surface area (TPSA) is 81.8 Å². The van der Waals surface area contributed by atoms with Gasteiger partial charge in [0, 0.05) is 13.5 Å². The minimum Gasteiger partial charge on any atom is -0.299 e. The summed E-state index contributed by atoms with van der Waals surface area (Å²) in [7, 11) is 1.80. The number of carbonyl (C=O) groups excluding carboxylic acids is 2. The summed E-state index contributed by atoms with van der Waals surface area (Å²) in [5.41, 5.74) is 2.29. The molecule has 1 saturated heterocycles. The SMILES string of the molecule is Cc1nn(C)c2c1nc(CCl)n2C1CCC(=O)NC1=O. The van der Waals surface area contributed by atoms with Gasteiger partial charge in [-0.25, -0.2) is 4.98 Å². The number of aromatic nitrogens is 4. The fraction of sp³-hybridized carbons (Fsp3) is 0.500. The zero-order valence-electron chi connectivity index (χ0n) is 11.2. The van der Waals surface area contributed by atoms with Crippen LogP contribution in [0.5, 0.6) is 0 Å². The van der Waals surface area contributed by atoms with Crippen molar-refractivity contribution in [1.82, 2.24) is 24.6 Å². The minimum atomic E-state index is -0.471. The molecule has 0 aromatic carbocycles. The van der Waals surface area contributed by atoms with Gasteiger partial charge in [0.05, 0.1) is 11.6 Å². The van der Waals surface area contributed by atoms with E-state index in [9.17, 15) is 9.59 Å². The lowest BCUT2D eigenvalue weighted by molar-refractivity contribution is -0.135. The van der Waals surface area contributed by atoms with E-state index in [0.29, 0.717) is 18.7 Å². The van der Waals surface area contributed by atoms with E-state index in [2.05, 4.69) is 15.4 Å². The van der Waals surface area contributed by atoms with E-state index in [1.165, 1.54) is 0 Å². The molecule has 106 valence electrons. The number of nitrogens with zero attached hydrogens (tertiary/aromatic N) is 4. The van der Waals surface area contributed by atoms with Gasteiger partial charge in [0.1, 0.15) is 17.4 Å². The minimum absolute atomic E-state index is 0.200. The zero-order chi connectivity index (χ0) is 14.4. The number of alkyl halides is 1. The maximum Gasteiger partial charge on any atom is 0.249 e. The Morgan fingerprint density at radius 1 is 1.45 bits per heavy atom. The highest BCUT2D eigenvalue weighted by atomic mass is 35.5. The van der Waals surface area contributed by atoms with Crippen LogP contribution in [0.25, 0.3) is 11.2 Å². The van der Waals surface area contributed by atoms with Gasteiger partial charge in [0.25, 0.3) is 0 Å². The number of imide groups is 1. The highest BCUT2D eigenvalue weighted by molar-refractivity contribution is 6.17. The number of carbonyl (C=O) groups is 2. The molecule has 2 aromatic rings. The van der Waals surface area contributed by atoms with E-state index in [-0.39, 0.29) is 17.7 Å². The van der Waals surface area contributed by atoms with Crippen LogP contribution in [0.2, 0.25) is 0 Å². The highest BCUT2D eigenvalue weighted by Gasteiger charge is 2.32. The van der Waals surface area contributed by atoms with E-state index in [1.54, 1.807) is 16.3 Å². The number of aryl methyl sites for hydroxylation is 2. The van der Waals surface area contributed by atoms with E-state index in [0.717, 1.165) is 16.9 Å². The highest BCUT2D eigenvalue weighted by Crippen LogP contribution is 2.28. The first-order chi connectivity index (χ1) is 9.52. The Labute approximate surface area is 119 Å². The number of hydrogen-bond acceptors (Lipinski definition) is 4. The predicted molar refractivity (Wildman–Crippen MR) is 72.2 cm³/mol. The third-order valence-electron chi connectivity index (χ3n) is 3.55. The van der Waals surface area contributed by atoms with Gasteiger partial charge in [0.2, 0.25) is 11.8 Å². The van der Waals surface area contributed by atoms with Crippen molar-refractivity contribution in [2.24, 2.45) is 7.05 Å². The maximum atomic E-state index is 12.1. The first kappa shape index (κ1) is 13.1. The smallest absolute Gasteiger partial charge is 0.249 e. The summed E-state index contributed by atoms with van der Waals surface area (Å²) in [5, 5.41) is 6.67. The summed E-state index contributed by atoms with van der Waals surface area (Å²) in [4.78, 5) is 27.8. The average Bonchev–Trinajstić information content (AvgIpc) is 2.89. The van der Waals surface area contributed by atoms with E-state index >= 15 is 0 Å². The van der Waals surface area contributed by atoms with Crippen LogP contribution < -0.4 is 5.32 Å². The van der Waals surface area contributed by atoms with Gasteiger partial charge in [-0.2, -0.15) is 5.10 Å². The van der Waals surface area contributed by atoms with E-state index < -0.39 is 6.04 Å². The third kappa shape index (κ3) is 1.81. The molecule has 2 aromatic heterocycles. The number of nitrogens with one attached hydrogen (secondary N) is 1. The fourth-order valence-electron chi connectivity index (χ4n) is 2.69. The van der Waals surface area contributed by atoms with Crippen molar-refractivity contribution < 1.29 is 9.59 Å². The summed E-state index contributed by atoms with van der Waals surface area (Å²) in [6, 6.07) is -0.471. The number of amides is 2. The summed E-state index contributed by atoms with van der Waals surface area (Å²) >= 11 is 5.95. The van der Waals surface area contributed by atoms with Gasteiger partial charge in [-0.1, -0.05) is 0 Å². The van der Waals surface area contributed by atoms with Gasteiger partial charge in [-0.05, 0) is 13.3 Å². The normalized spacial score (nSPS) is 19.6. The van der Waals surface area contributed by atoms with Crippen molar-refractivity contribution in [1.29, 1.82) is 0 Å². The molecule has 7 nitrogen and oxygen atoms in total. The molecule has 1 unspecified atom stereocenters. The van der Waals surface area contributed by atoms with Crippen LogP contribution in [-0.4, -0.2) is 31.1 Å². The lowest BCUT2D eigenvalue weighted by Crippen LogP contribution is -2.42. The Morgan fingerprint density at radius 2 is 2.20 bits per heavy atom. The number of fused-ring (bicyclic) bond motifs is 1. The summed E-state index contributed by atoms with van der Waals surface area (Å²) in [6.07, 6.45) is 0.763. The van der Waals surface area contributed by atoms with Crippen molar-refractivity contribution in [3.05, 3.63) is 11.5 Å². The molecule has 20 heavy (non-hydrogen) atoms. The molecule has 0 aliphatic carbocycles. The largest absolute Gasteiger partial charge is 0.299 e. The van der Waals surface area contributed by atoms with Gasteiger partial charge < -0.3 is 0 Å². The number of hydrogen-bond donors (Lipinski definition) is 1. The first-order valence-corrected chi connectivity index (χ1v) is 6.86. The van der Waals surface area contributed by atoms with Crippen LogP contribution in [0, 0.1) is 6.92 Å². The summed E-state index contributed by atoms with van der Waals surface area (Å²) in [6.45, 7) is 1.86. The Hall–Kier alpha value is -1.89. The van der Waals surface area contributed by atoms with Gasteiger partial charge >= 0.3 is 0 Å². The van der Waals surface area contributed by atoms with Crippen LogP contribution >= 0.6 is 11.6 Å². The second-order valence-corrected chi connectivity index (χ2v) is 5.15. The second-order valence-electron chi connectivity index (χ2n) is 4.88. The van der Waals surface area contributed by atoms with Gasteiger partial charge in [0.15, 0.2) is 5.65 Å². The molecule has 0 saturated carbocycles. The van der Waals surface area contributed by atoms with Crippen molar-refractivity contribution >= 4 is 34.6 Å². The Kier molecular flexibility index (Phi) is 3.01. The van der Waals surface area contributed by atoms with Crippen LogP contribution in [0.4, 0.5) is 0 Å². The summed E-state index contributed by atoms with van der Waals surface area (Å²) in [5.74, 6) is 0.264. The van der Waals surface area contributed by atoms with Crippen LogP contribution in [-0.2, 0) is 22.5 Å². The Balaban J connectivity index is 2.19. The van der Waals surface area contributed by atoms with Crippen LogP contribution in [0.1, 0.15) is 30.4 Å². The Morgan fingerprint density at radius 3 is 2.85 bits per heavy atom. The van der Waals surface area contributed by atoms with E-state index in [1.807, 2.05) is 6.92 Å². The first-order valence-electron chi connectivity index (χ1n) is 6.33. The summed E-state index contributed by atoms with van der Waals surface area (Å²) < 4.78 is 3.49. The molecule has 1 aliphatic rings. The maximum absolute atomic E-state index is 12.1. The van der Waals surface area contributed by atoms with Gasteiger partial charge in [-0.15, -0.1) is 11.6 Å². The number of halogens is 1. The van der Waals surface area contributed by atoms with Gasteiger partial charge in [-0.3, -0.25) is 24.2 Å². The van der Waals surface area contributed by atoms with Crippen LogP contribution in [0.3, 0.4) is 0 Å². The molecular weight excluding hydrogens is 282 g/mol. The monoisotopic (exact) mass is 295 g/mol. The third-order valence-corrected chi connectivity index (χ3v) is 3.79. The number of rotatable bonds is 2. The lowest BCUT2D eigenvalue weighted by atomic mass is 10.1. The van der Waals surface area contributed by atoms with Crippen molar-refractivity contribution in [2.45, 2.75) is 31.7 Å². The number of piperidine rings is 1. The molecule has 3 heterocycles. The van der Waals surface area contributed by atoms with Crippen molar-refractivity contribution in [2.75, 3.05) is 0 Å². The molecule has 3 rings (SSSR count). The standard InChI is InChI=1S/C12H14ClN5O2/c1-6-10-12(17(2)16-6)18(8(5-13)14-10)7-3-4-9(19)15-11(7)20/h7H,3-5H2,1-2H3,(H,15,19,20). The lowest BCUT2D eigenvalue weighted by Gasteiger charge is -2.23. The average molecular weight is 296 g/mol. The van der Waals surface area contributed by atoms with Crippen molar-refractivity contribution in [3.63, 3.8) is 0 Å². The molecule has 8 heteroatoms.